The van der Waals surface area contributed by atoms with Gasteiger partial charge in [0.25, 0.3) is 0 Å². The summed E-state index contributed by atoms with van der Waals surface area (Å²) in [7, 11) is -1.63. The molecule has 106 valence electrons. The highest BCUT2D eigenvalue weighted by Crippen LogP contribution is 2.25. The summed E-state index contributed by atoms with van der Waals surface area (Å²) in [5.74, 6) is 0. The second-order valence-corrected chi connectivity index (χ2v) is 6.54. The molecule has 0 amide bonds. The van der Waals surface area contributed by atoms with Gasteiger partial charge in [-0.3, -0.25) is 0 Å². The van der Waals surface area contributed by atoms with Gasteiger partial charge in [-0.2, -0.15) is 0 Å². The number of benzene rings is 1. The number of anilines is 2. The monoisotopic (exact) mass is 284 g/mol. The molecule has 1 aliphatic carbocycles. The van der Waals surface area contributed by atoms with Crippen molar-refractivity contribution in [2.24, 2.45) is 5.14 Å². The van der Waals surface area contributed by atoms with Crippen LogP contribution in [0.4, 0.5) is 11.4 Å². The van der Waals surface area contributed by atoms with Gasteiger partial charge in [0.2, 0.25) is 10.0 Å². The summed E-state index contributed by atoms with van der Waals surface area (Å²) in [5.41, 5.74) is 6.73. The maximum absolute atomic E-state index is 11.3. The summed E-state index contributed by atoms with van der Waals surface area (Å²) >= 11 is 0. The zero-order chi connectivity index (χ0) is 14.0. The van der Waals surface area contributed by atoms with Gasteiger partial charge in [0.15, 0.2) is 0 Å². The van der Waals surface area contributed by atoms with Crippen LogP contribution in [0.15, 0.2) is 23.1 Å². The number of sulfonamides is 1. The first-order chi connectivity index (χ1) is 8.86. The minimum absolute atomic E-state index is 0.0329. The first-order valence-electron chi connectivity index (χ1n) is 6.24. The van der Waals surface area contributed by atoms with E-state index in [0.29, 0.717) is 17.4 Å². The topological polar surface area (TPSA) is 101 Å². The van der Waals surface area contributed by atoms with Crippen LogP contribution >= 0.6 is 0 Å². The zero-order valence-corrected chi connectivity index (χ0v) is 11.8. The van der Waals surface area contributed by atoms with Crippen molar-refractivity contribution in [3.8, 4) is 0 Å². The molecule has 1 saturated carbocycles. The molecule has 0 atom stereocenters. The van der Waals surface area contributed by atoms with Crippen LogP contribution in [0.1, 0.15) is 12.8 Å². The molecule has 1 fully saturated rings. The van der Waals surface area contributed by atoms with Crippen molar-refractivity contribution in [3.63, 3.8) is 0 Å². The molecule has 5 N–H and O–H groups in total. The van der Waals surface area contributed by atoms with Crippen molar-refractivity contribution in [1.82, 2.24) is 4.90 Å². The van der Waals surface area contributed by atoms with Crippen molar-refractivity contribution in [1.29, 1.82) is 0 Å². The maximum Gasteiger partial charge on any atom is 0.238 e. The minimum Gasteiger partial charge on any atom is -0.399 e. The van der Waals surface area contributed by atoms with Crippen LogP contribution < -0.4 is 16.2 Å². The zero-order valence-electron chi connectivity index (χ0n) is 11.0. The molecular formula is C12H20N4O2S. The number of nitrogen functional groups attached to an aromatic ring is 1. The van der Waals surface area contributed by atoms with Crippen molar-refractivity contribution in [3.05, 3.63) is 18.2 Å². The largest absolute Gasteiger partial charge is 0.399 e. The second-order valence-electron chi connectivity index (χ2n) is 4.97. The molecule has 6 nitrogen and oxygen atoms in total. The van der Waals surface area contributed by atoms with E-state index in [4.69, 9.17) is 10.9 Å². The number of hydrogen-bond acceptors (Lipinski definition) is 5. The van der Waals surface area contributed by atoms with E-state index in [9.17, 15) is 8.42 Å². The molecule has 1 aromatic carbocycles. The summed E-state index contributed by atoms with van der Waals surface area (Å²) in [6, 6.07) is 5.27. The summed E-state index contributed by atoms with van der Waals surface area (Å²) in [6.07, 6.45) is 2.54. The smallest absolute Gasteiger partial charge is 0.238 e. The van der Waals surface area contributed by atoms with Gasteiger partial charge in [-0.15, -0.1) is 0 Å². The third kappa shape index (κ3) is 4.09. The molecule has 0 spiro atoms. The number of hydrogen-bond donors (Lipinski definition) is 3. The Morgan fingerprint density at radius 2 is 2.05 bits per heavy atom. The van der Waals surface area contributed by atoms with E-state index in [1.165, 1.54) is 25.0 Å². The Kier molecular flexibility index (Phi) is 3.98. The number of rotatable bonds is 6. The summed E-state index contributed by atoms with van der Waals surface area (Å²) < 4.78 is 22.6. The number of nitrogens with one attached hydrogen (secondary N) is 1. The molecular weight excluding hydrogens is 264 g/mol. The van der Waals surface area contributed by atoms with Crippen LogP contribution in [-0.2, 0) is 10.0 Å². The van der Waals surface area contributed by atoms with Crippen LogP contribution in [0.2, 0.25) is 0 Å². The van der Waals surface area contributed by atoms with E-state index >= 15 is 0 Å². The van der Waals surface area contributed by atoms with Crippen LogP contribution in [0.3, 0.4) is 0 Å². The predicted molar refractivity (Wildman–Crippen MR) is 76.4 cm³/mol. The van der Waals surface area contributed by atoms with Gasteiger partial charge in [0, 0.05) is 30.5 Å². The van der Waals surface area contributed by atoms with Gasteiger partial charge in [-0.25, -0.2) is 13.6 Å². The fourth-order valence-corrected chi connectivity index (χ4v) is 2.55. The third-order valence-electron chi connectivity index (χ3n) is 3.22. The standard InChI is InChI=1S/C12H20N4O2S/c1-16(11-2-3-11)5-4-15-10-6-9(13)7-12(8-10)19(14,17)18/h6-8,11,15H,2-5,13H2,1H3,(H2,14,17,18). The first kappa shape index (κ1) is 14.1. The molecule has 0 unspecified atom stereocenters. The molecule has 0 aliphatic heterocycles. The Hall–Kier alpha value is -1.31. The fourth-order valence-electron chi connectivity index (χ4n) is 1.96. The predicted octanol–water partition coefficient (Wildman–Crippen LogP) is 0.422. The molecule has 0 heterocycles. The quantitative estimate of drug-likeness (QED) is 0.657. The maximum atomic E-state index is 11.3. The van der Waals surface area contributed by atoms with Gasteiger partial charge < -0.3 is 16.0 Å². The molecule has 19 heavy (non-hydrogen) atoms. The lowest BCUT2D eigenvalue weighted by Gasteiger charge is -2.16. The Labute approximate surface area is 113 Å². The molecule has 7 heteroatoms. The second kappa shape index (κ2) is 5.36. The lowest BCUT2D eigenvalue weighted by Crippen LogP contribution is -2.27. The van der Waals surface area contributed by atoms with Crippen LogP contribution in [0, 0.1) is 0 Å². The third-order valence-corrected chi connectivity index (χ3v) is 4.11. The number of likely N-dealkylation sites (N-methyl/N-ethyl adjacent to an activating group) is 1. The van der Waals surface area contributed by atoms with Crippen molar-refractivity contribution < 1.29 is 8.42 Å². The number of primary sulfonamides is 1. The average molecular weight is 284 g/mol. The molecule has 0 saturated heterocycles. The van der Waals surface area contributed by atoms with Crippen molar-refractivity contribution in [2.45, 2.75) is 23.8 Å². The van der Waals surface area contributed by atoms with Crippen LogP contribution in [0.5, 0.6) is 0 Å². The van der Waals surface area contributed by atoms with E-state index in [-0.39, 0.29) is 4.90 Å². The molecule has 0 radical (unpaired) electrons. The Balaban J connectivity index is 1.97. The van der Waals surface area contributed by atoms with Crippen molar-refractivity contribution >= 4 is 21.4 Å². The van der Waals surface area contributed by atoms with Gasteiger partial charge in [0.05, 0.1) is 4.90 Å². The molecule has 0 bridgehead atoms. The highest BCUT2D eigenvalue weighted by atomic mass is 32.2. The van der Waals surface area contributed by atoms with Crippen molar-refractivity contribution in [2.75, 3.05) is 31.2 Å². The fraction of sp³-hybridized carbons (Fsp3) is 0.500. The molecule has 1 aliphatic rings. The Morgan fingerprint density at radius 1 is 1.37 bits per heavy atom. The van der Waals surface area contributed by atoms with E-state index < -0.39 is 10.0 Å². The first-order valence-corrected chi connectivity index (χ1v) is 7.78. The average Bonchev–Trinajstić information content (AvgIpc) is 3.10. The van der Waals surface area contributed by atoms with E-state index in [1.54, 1.807) is 6.07 Å². The van der Waals surface area contributed by atoms with E-state index in [2.05, 4.69) is 17.3 Å². The Bertz CT molecular complexity index is 555. The van der Waals surface area contributed by atoms with Crippen LogP contribution in [-0.4, -0.2) is 39.5 Å². The lowest BCUT2D eigenvalue weighted by atomic mass is 10.3. The normalized spacial score (nSPS) is 15.7. The van der Waals surface area contributed by atoms with Crippen LogP contribution in [0.25, 0.3) is 0 Å². The van der Waals surface area contributed by atoms with E-state index in [0.717, 1.165) is 13.1 Å². The lowest BCUT2D eigenvalue weighted by molar-refractivity contribution is 0.337. The van der Waals surface area contributed by atoms with Gasteiger partial charge >= 0.3 is 0 Å². The summed E-state index contributed by atoms with van der Waals surface area (Å²) in [6.45, 7) is 1.64. The van der Waals surface area contributed by atoms with Gasteiger partial charge in [-0.05, 0) is 38.1 Å². The highest BCUT2D eigenvalue weighted by molar-refractivity contribution is 7.89. The summed E-state index contributed by atoms with van der Waals surface area (Å²) in [5, 5.41) is 8.27. The number of nitrogens with zero attached hydrogens (tertiary/aromatic N) is 1. The highest BCUT2D eigenvalue weighted by Gasteiger charge is 2.25. The SMILES string of the molecule is CN(CCNc1cc(N)cc(S(N)(=O)=O)c1)C1CC1. The van der Waals surface area contributed by atoms with Gasteiger partial charge in [0.1, 0.15) is 0 Å². The van der Waals surface area contributed by atoms with Gasteiger partial charge in [-0.1, -0.05) is 0 Å². The minimum atomic E-state index is -3.72. The molecule has 0 aromatic heterocycles. The Morgan fingerprint density at radius 3 is 2.63 bits per heavy atom. The molecule has 1 aromatic rings. The molecule has 2 rings (SSSR count). The summed E-state index contributed by atoms with van der Waals surface area (Å²) in [4.78, 5) is 2.32. The van der Waals surface area contributed by atoms with E-state index in [1.807, 2.05) is 0 Å². The number of nitrogens with two attached hydrogens (primary N) is 2.